The first-order valence-corrected chi connectivity index (χ1v) is 11.0. The first-order chi connectivity index (χ1) is 14.6. The minimum atomic E-state index is -0.775. The molecule has 2 N–H and O–H groups in total. The Labute approximate surface area is 184 Å². The van der Waals surface area contributed by atoms with Gasteiger partial charge in [0.2, 0.25) is 0 Å². The van der Waals surface area contributed by atoms with Gasteiger partial charge in [0.25, 0.3) is 0 Å². The molecule has 4 heterocycles. The molecule has 0 atom stereocenters. The summed E-state index contributed by atoms with van der Waals surface area (Å²) in [7, 11) is 0. The van der Waals surface area contributed by atoms with Crippen LogP contribution in [0.5, 0.6) is 0 Å². The number of nitrogens with zero attached hydrogens (tertiary/aromatic N) is 4. The average Bonchev–Trinajstić information content (AvgIpc) is 3.54. The number of nitrogens with one attached hydrogen (secondary N) is 1. The molecule has 1 aliphatic rings. The van der Waals surface area contributed by atoms with Crippen molar-refractivity contribution in [3.05, 3.63) is 54.2 Å². The van der Waals surface area contributed by atoms with Gasteiger partial charge in [-0.3, -0.25) is 4.40 Å². The van der Waals surface area contributed by atoms with Crippen LogP contribution < -0.4 is 0 Å². The molecular formula is C21H24ClN5O2S. The van der Waals surface area contributed by atoms with Crippen LogP contribution in [0.4, 0.5) is 4.79 Å². The number of hydrogen-bond donors (Lipinski definition) is 2. The summed E-state index contributed by atoms with van der Waals surface area (Å²) in [4.78, 5) is 25.4. The van der Waals surface area contributed by atoms with Gasteiger partial charge in [-0.1, -0.05) is 48.9 Å². The summed E-state index contributed by atoms with van der Waals surface area (Å²) in [5, 5.41) is 9.09. The minimum Gasteiger partial charge on any atom is -0.465 e. The van der Waals surface area contributed by atoms with Gasteiger partial charge in [-0.05, 0) is 30.5 Å². The van der Waals surface area contributed by atoms with Gasteiger partial charge >= 0.3 is 6.09 Å². The Bertz CT molecular complexity index is 1040. The molecule has 0 saturated carbocycles. The van der Waals surface area contributed by atoms with Crippen LogP contribution in [0.15, 0.2) is 49.2 Å². The number of H-pyrrole nitrogens is 1. The number of carboxylic acid groups (broad SMARTS) is 1. The summed E-state index contributed by atoms with van der Waals surface area (Å²) >= 11 is 7.56. The third-order valence-electron chi connectivity index (χ3n) is 4.44. The zero-order valence-corrected chi connectivity index (χ0v) is 18.5. The number of amides is 1. The molecule has 0 radical (unpaired) electrons. The lowest BCUT2D eigenvalue weighted by Crippen LogP contribution is -2.25. The number of fused-ring (bicyclic) bond motifs is 1. The highest BCUT2D eigenvalue weighted by molar-refractivity contribution is 7.20. The van der Waals surface area contributed by atoms with Crippen molar-refractivity contribution in [2.24, 2.45) is 0 Å². The van der Waals surface area contributed by atoms with E-state index in [2.05, 4.69) is 21.1 Å². The Balaban J connectivity index is 0.000000216. The van der Waals surface area contributed by atoms with Crippen molar-refractivity contribution in [1.29, 1.82) is 0 Å². The molecule has 3 aromatic heterocycles. The normalized spacial score (nSPS) is 12.8. The van der Waals surface area contributed by atoms with Crippen LogP contribution in [0.25, 0.3) is 26.8 Å². The number of aromatic amines is 1. The van der Waals surface area contributed by atoms with Gasteiger partial charge in [0.1, 0.15) is 5.69 Å². The number of halogens is 1. The molecular weight excluding hydrogens is 422 g/mol. The number of hydrogen-bond acceptors (Lipinski definition) is 4. The smallest absolute Gasteiger partial charge is 0.407 e. The zero-order valence-electron chi connectivity index (χ0n) is 16.9. The molecule has 1 amide bonds. The van der Waals surface area contributed by atoms with Gasteiger partial charge in [0.05, 0.1) is 23.1 Å². The van der Waals surface area contributed by atoms with E-state index in [0.717, 1.165) is 52.9 Å². The van der Waals surface area contributed by atoms with Gasteiger partial charge in [-0.15, -0.1) is 0 Å². The van der Waals surface area contributed by atoms with Crippen molar-refractivity contribution >= 4 is 34.0 Å². The van der Waals surface area contributed by atoms with E-state index in [4.69, 9.17) is 16.7 Å². The summed E-state index contributed by atoms with van der Waals surface area (Å²) in [6.45, 7) is 5.46. The maximum Gasteiger partial charge on any atom is 0.407 e. The fourth-order valence-corrected chi connectivity index (χ4v) is 4.08. The molecule has 7 nitrogen and oxygen atoms in total. The molecule has 4 aromatic rings. The molecule has 9 heteroatoms. The van der Waals surface area contributed by atoms with Crippen molar-refractivity contribution < 1.29 is 9.90 Å². The Morgan fingerprint density at radius 2 is 1.87 bits per heavy atom. The highest BCUT2D eigenvalue weighted by atomic mass is 35.5. The second kappa shape index (κ2) is 10.3. The predicted molar refractivity (Wildman–Crippen MR) is 121 cm³/mol. The monoisotopic (exact) mass is 445 g/mol. The van der Waals surface area contributed by atoms with Crippen LogP contribution in [0.1, 0.15) is 26.7 Å². The SMILES string of the molecule is CC.Clc1ccc(-c2cn3cc(-c4cnc[nH]4)nc3s2)cc1.O=C(O)N1CCCC1. The second-order valence-corrected chi connectivity index (χ2v) is 7.81. The molecule has 0 unspecified atom stereocenters. The Kier molecular flexibility index (Phi) is 7.48. The second-order valence-electron chi connectivity index (χ2n) is 6.36. The molecule has 1 aliphatic heterocycles. The van der Waals surface area contributed by atoms with E-state index in [0.29, 0.717) is 0 Å². The number of rotatable bonds is 2. The van der Waals surface area contributed by atoms with Gasteiger partial charge in [-0.25, -0.2) is 14.8 Å². The van der Waals surface area contributed by atoms with Crippen molar-refractivity contribution in [3.63, 3.8) is 0 Å². The van der Waals surface area contributed by atoms with E-state index in [1.807, 2.05) is 48.7 Å². The zero-order chi connectivity index (χ0) is 21.5. The van der Waals surface area contributed by atoms with E-state index < -0.39 is 6.09 Å². The lowest BCUT2D eigenvalue weighted by molar-refractivity contribution is 0.156. The van der Waals surface area contributed by atoms with E-state index in [1.165, 1.54) is 9.78 Å². The molecule has 30 heavy (non-hydrogen) atoms. The minimum absolute atomic E-state index is 0.731. The van der Waals surface area contributed by atoms with Gasteiger partial charge in [0.15, 0.2) is 4.96 Å². The fraction of sp³-hybridized carbons (Fsp3) is 0.286. The van der Waals surface area contributed by atoms with Crippen LogP contribution in [0.2, 0.25) is 5.02 Å². The quantitative estimate of drug-likeness (QED) is 0.402. The summed E-state index contributed by atoms with van der Waals surface area (Å²) in [5.74, 6) is 0. The number of aromatic nitrogens is 4. The Hall–Kier alpha value is -2.84. The molecule has 1 fully saturated rings. The van der Waals surface area contributed by atoms with Crippen molar-refractivity contribution in [2.75, 3.05) is 13.1 Å². The number of thiazole rings is 1. The van der Waals surface area contributed by atoms with E-state index in [-0.39, 0.29) is 0 Å². The molecule has 0 bridgehead atoms. The van der Waals surface area contributed by atoms with Gasteiger partial charge < -0.3 is 15.0 Å². The molecule has 1 saturated heterocycles. The first-order valence-electron chi connectivity index (χ1n) is 9.81. The lowest BCUT2D eigenvalue weighted by Gasteiger charge is -2.07. The number of imidazole rings is 2. The average molecular weight is 446 g/mol. The summed E-state index contributed by atoms with van der Waals surface area (Å²) in [6.07, 6.45) is 8.80. The van der Waals surface area contributed by atoms with Gasteiger partial charge in [-0.2, -0.15) is 0 Å². The number of benzene rings is 1. The van der Waals surface area contributed by atoms with Crippen molar-refractivity contribution in [3.8, 4) is 21.8 Å². The highest BCUT2D eigenvalue weighted by Crippen LogP contribution is 2.30. The number of carbonyl (C=O) groups is 1. The Morgan fingerprint density at radius 1 is 1.17 bits per heavy atom. The fourth-order valence-electron chi connectivity index (χ4n) is 2.98. The summed E-state index contributed by atoms with van der Waals surface area (Å²) < 4.78 is 2.03. The molecule has 5 rings (SSSR count). The molecule has 0 spiro atoms. The first kappa shape index (κ1) is 21.9. The van der Waals surface area contributed by atoms with E-state index >= 15 is 0 Å². The summed E-state index contributed by atoms with van der Waals surface area (Å²) in [5.41, 5.74) is 2.97. The van der Waals surface area contributed by atoms with Crippen LogP contribution >= 0.6 is 22.9 Å². The lowest BCUT2D eigenvalue weighted by atomic mass is 10.2. The maximum absolute atomic E-state index is 10.1. The molecule has 1 aromatic carbocycles. The van der Waals surface area contributed by atoms with Crippen LogP contribution in [-0.2, 0) is 0 Å². The Morgan fingerprint density at radius 3 is 2.40 bits per heavy atom. The molecule has 0 aliphatic carbocycles. The number of likely N-dealkylation sites (tertiary alicyclic amines) is 1. The van der Waals surface area contributed by atoms with Crippen molar-refractivity contribution in [2.45, 2.75) is 26.7 Å². The van der Waals surface area contributed by atoms with Crippen molar-refractivity contribution in [1.82, 2.24) is 24.3 Å². The summed E-state index contributed by atoms with van der Waals surface area (Å²) in [6, 6.07) is 7.83. The van der Waals surface area contributed by atoms with E-state index in [1.54, 1.807) is 23.9 Å². The maximum atomic E-state index is 10.1. The topological polar surface area (TPSA) is 86.5 Å². The standard InChI is InChI=1S/C14H9ClN4S.C5H9NO2.C2H6/c15-10-3-1-9(2-4-10)13-7-19-6-12(18-14(19)20-13)11-5-16-8-17-11;7-5(8)6-3-1-2-4-6;1-2/h1-8H,(H,16,17);1-4H2,(H,7,8);1-2H3. The van der Waals surface area contributed by atoms with E-state index in [9.17, 15) is 4.79 Å². The van der Waals surface area contributed by atoms with Crippen LogP contribution in [-0.4, -0.2) is 48.5 Å². The van der Waals surface area contributed by atoms with Gasteiger partial charge in [0, 0.05) is 30.5 Å². The predicted octanol–water partition coefficient (Wildman–Crippen LogP) is 5.89. The largest absolute Gasteiger partial charge is 0.465 e. The third-order valence-corrected chi connectivity index (χ3v) is 5.73. The molecule has 158 valence electrons. The third kappa shape index (κ3) is 5.20. The van der Waals surface area contributed by atoms with Crippen LogP contribution in [0.3, 0.4) is 0 Å². The van der Waals surface area contributed by atoms with Crippen LogP contribution in [0, 0.1) is 0 Å². The highest BCUT2D eigenvalue weighted by Gasteiger charge is 2.15.